The fourth-order valence-electron chi connectivity index (χ4n) is 5.09. The zero-order chi connectivity index (χ0) is 11.5. The molecule has 0 radical (unpaired) electrons. The van der Waals surface area contributed by atoms with Gasteiger partial charge in [0.1, 0.15) is 0 Å². The van der Waals surface area contributed by atoms with Gasteiger partial charge in [-0.2, -0.15) is 0 Å². The Balaban J connectivity index is 1.79. The van der Waals surface area contributed by atoms with E-state index < -0.39 is 5.60 Å². The van der Waals surface area contributed by atoms with Crippen molar-refractivity contribution in [2.24, 2.45) is 23.7 Å². The Morgan fingerprint density at radius 1 is 0.941 bits per heavy atom. The van der Waals surface area contributed by atoms with Gasteiger partial charge in [-0.3, -0.25) is 0 Å². The Labute approximate surface area is 103 Å². The first kappa shape index (κ1) is 10.1. The van der Waals surface area contributed by atoms with Crippen LogP contribution in [0.1, 0.15) is 37.7 Å². The third-order valence-corrected chi connectivity index (χ3v) is 5.58. The summed E-state index contributed by atoms with van der Waals surface area (Å²) >= 11 is 0. The van der Waals surface area contributed by atoms with E-state index in [0.29, 0.717) is 5.92 Å². The van der Waals surface area contributed by atoms with Crippen LogP contribution in [0.25, 0.3) is 0 Å². The van der Waals surface area contributed by atoms with Gasteiger partial charge in [0.25, 0.3) is 0 Å². The van der Waals surface area contributed by atoms with Crippen molar-refractivity contribution in [1.82, 2.24) is 0 Å². The second kappa shape index (κ2) is 3.35. The van der Waals surface area contributed by atoms with Crippen molar-refractivity contribution in [2.45, 2.75) is 37.7 Å². The standard InChI is InChI=1S/C16H20O/c17-16(14-4-2-1-3-5-14)10-12-6-11-7-13(8-12)15(16)9-11/h1-5,11-13,15,17H,6-10H2/t11-,12+,13-,15-,16+/m0/s1. The molecular formula is C16H20O. The van der Waals surface area contributed by atoms with E-state index in [1.165, 1.54) is 31.2 Å². The van der Waals surface area contributed by atoms with Gasteiger partial charge in [0.15, 0.2) is 0 Å². The Hall–Kier alpha value is -0.820. The SMILES string of the molecule is O[C@@]1(c2ccccc2)C[C@@H]2C[C@H]3C[C@@H](C2)[C@@H]1C3. The quantitative estimate of drug-likeness (QED) is 0.781. The maximum absolute atomic E-state index is 11.2. The summed E-state index contributed by atoms with van der Waals surface area (Å²) in [5.74, 6) is 3.04. The smallest absolute Gasteiger partial charge is 0.0929 e. The molecule has 0 unspecified atom stereocenters. The highest BCUT2D eigenvalue weighted by atomic mass is 16.3. The van der Waals surface area contributed by atoms with E-state index in [9.17, 15) is 5.11 Å². The van der Waals surface area contributed by atoms with E-state index in [-0.39, 0.29) is 0 Å². The van der Waals surface area contributed by atoms with Gasteiger partial charge in [0, 0.05) is 0 Å². The molecule has 3 bridgehead atoms. The topological polar surface area (TPSA) is 20.2 Å². The van der Waals surface area contributed by atoms with Crippen LogP contribution < -0.4 is 0 Å². The second-order valence-electron chi connectivity index (χ2n) is 6.54. The van der Waals surface area contributed by atoms with Crippen LogP contribution in [0.3, 0.4) is 0 Å². The summed E-state index contributed by atoms with van der Waals surface area (Å²) < 4.78 is 0. The van der Waals surface area contributed by atoms with Crippen molar-refractivity contribution in [3.63, 3.8) is 0 Å². The van der Waals surface area contributed by atoms with Crippen molar-refractivity contribution >= 4 is 0 Å². The number of fused-ring (bicyclic) bond motifs is 2. The van der Waals surface area contributed by atoms with E-state index in [4.69, 9.17) is 0 Å². The summed E-state index contributed by atoms with van der Waals surface area (Å²) in [7, 11) is 0. The fraction of sp³-hybridized carbons (Fsp3) is 0.625. The molecule has 1 nitrogen and oxygen atoms in total. The lowest BCUT2D eigenvalue weighted by Crippen LogP contribution is -2.43. The van der Waals surface area contributed by atoms with Gasteiger partial charge in [-0.15, -0.1) is 0 Å². The molecule has 3 saturated carbocycles. The molecule has 3 aliphatic rings. The highest BCUT2D eigenvalue weighted by Gasteiger charge is 2.55. The van der Waals surface area contributed by atoms with Crippen LogP contribution in [0, 0.1) is 23.7 Å². The average molecular weight is 228 g/mol. The molecule has 1 aromatic carbocycles. The summed E-state index contributed by atoms with van der Waals surface area (Å²) in [6.45, 7) is 0. The molecule has 17 heavy (non-hydrogen) atoms. The third kappa shape index (κ3) is 1.35. The normalized spacial score (nSPS) is 47.4. The van der Waals surface area contributed by atoms with Crippen LogP contribution in [0.4, 0.5) is 0 Å². The minimum absolute atomic E-state index is 0.514. The first-order valence-corrected chi connectivity index (χ1v) is 7.03. The molecule has 90 valence electrons. The first-order valence-electron chi connectivity index (χ1n) is 7.03. The van der Waals surface area contributed by atoms with Gasteiger partial charge in [0.05, 0.1) is 5.60 Å². The van der Waals surface area contributed by atoms with Crippen LogP contribution >= 0.6 is 0 Å². The Morgan fingerprint density at radius 3 is 2.53 bits per heavy atom. The lowest BCUT2D eigenvalue weighted by atomic mass is 9.63. The van der Waals surface area contributed by atoms with E-state index >= 15 is 0 Å². The number of benzene rings is 1. The van der Waals surface area contributed by atoms with Crippen molar-refractivity contribution in [3.05, 3.63) is 35.9 Å². The van der Waals surface area contributed by atoms with E-state index in [0.717, 1.165) is 24.2 Å². The fourth-order valence-corrected chi connectivity index (χ4v) is 5.09. The number of hydrogen-bond donors (Lipinski definition) is 1. The molecule has 1 aromatic rings. The van der Waals surface area contributed by atoms with Crippen LogP contribution in [-0.4, -0.2) is 5.11 Å². The number of hydrogen-bond acceptors (Lipinski definition) is 1. The minimum Gasteiger partial charge on any atom is -0.385 e. The van der Waals surface area contributed by atoms with Crippen molar-refractivity contribution in [3.8, 4) is 0 Å². The van der Waals surface area contributed by atoms with E-state index in [2.05, 4.69) is 24.3 Å². The number of aliphatic hydroxyl groups is 1. The molecule has 3 aliphatic carbocycles. The highest BCUT2D eigenvalue weighted by molar-refractivity contribution is 5.26. The molecule has 0 aromatic heterocycles. The van der Waals surface area contributed by atoms with Crippen molar-refractivity contribution < 1.29 is 5.11 Å². The third-order valence-electron chi connectivity index (χ3n) is 5.58. The maximum atomic E-state index is 11.2. The average Bonchev–Trinajstić information content (AvgIpc) is 2.60. The van der Waals surface area contributed by atoms with Crippen LogP contribution in [0.2, 0.25) is 0 Å². The van der Waals surface area contributed by atoms with Gasteiger partial charge in [-0.25, -0.2) is 0 Å². The molecule has 0 spiro atoms. The molecule has 3 fully saturated rings. The summed E-state index contributed by atoms with van der Waals surface area (Å²) in [5.41, 5.74) is 0.655. The van der Waals surface area contributed by atoms with Crippen molar-refractivity contribution in [2.75, 3.05) is 0 Å². The Morgan fingerprint density at radius 2 is 1.71 bits per heavy atom. The zero-order valence-corrected chi connectivity index (χ0v) is 10.2. The second-order valence-corrected chi connectivity index (χ2v) is 6.54. The molecule has 5 atom stereocenters. The summed E-state index contributed by atoms with van der Waals surface area (Å²) in [5, 5.41) is 11.2. The predicted octanol–water partition coefficient (Wildman–Crippen LogP) is 3.33. The van der Waals surface area contributed by atoms with Gasteiger partial charge >= 0.3 is 0 Å². The molecular weight excluding hydrogens is 208 g/mol. The Kier molecular flexibility index (Phi) is 2.00. The van der Waals surface area contributed by atoms with Gasteiger partial charge in [0.2, 0.25) is 0 Å². The molecule has 0 amide bonds. The lowest BCUT2D eigenvalue weighted by Gasteiger charge is -2.45. The van der Waals surface area contributed by atoms with Gasteiger partial charge in [-0.05, 0) is 61.3 Å². The molecule has 0 heterocycles. The summed E-state index contributed by atoms with van der Waals surface area (Å²) in [6.07, 6.45) is 6.43. The van der Waals surface area contributed by atoms with Crippen LogP contribution in [-0.2, 0) is 5.60 Å². The largest absolute Gasteiger partial charge is 0.385 e. The maximum Gasteiger partial charge on any atom is 0.0929 e. The summed E-state index contributed by atoms with van der Waals surface area (Å²) in [4.78, 5) is 0. The molecule has 1 N–H and O–H groups in total. The first-order chi connectivity index (χ1) is 8.25. The van der Waals surface area contributed by atoms with Crippen LogP contribution in [0.15, 0.2) is 30.3 Å². The molecule has 1 heteroatoms. The predicted molar refractivity (Wildman–Crippen MR) is 67.4 cm³/mol. The van der Waals surface area contributed by atoms with Crippen LogP contribution in [0.5, 0.6) is 0 Å². The minimum atomic E-state index is -0.514. The van der Waals surface area contributed by atoms with Crippen molar-refractivity contribution in [1.29, 1.82) is 0 Å². The van der Waals surface area contributed by atoms with E-state index in [1.807, 2.05) is 6.07 Å². The highest BCUT2D eigenvalue weighted by Crippen LogP contribution is 2.61. The van der Waals surface area contributed by atoms with E-state index in [1.54, 1.807) is 0 Å². The van der Waals surface area contributed by atoms with Gasteiger partial charge < -0.3 is 5.11 Å². The molecule has 0 aliphatic heterocycles. The van der Waals surface area contributed by atoms with Gasteiger partial charge in [-0.1, -0.05) is 30.3 Å². The lowest BCUT2D eigenvalue weighted by molar-refractivity contribution is -0.0870. The monoisotopic (exact) mass is 228 g/mol. The zero-order valence-electron chi connectivity index (χ0n) is 10.2. The number of rotatable bonds is 1. The molecule has 0 saturated heterocycles. The molecule has 4 rings (SSSR count). The summed E-state index contributed by atoms with van der Waals surface area (Å²) in [6, 6.07) is 10.4. The Bertz CT molecular complexity index is 424.